The molecule has 0 saturated heterocycles. The summed E-state index contributed by atoms with van der Waals surface area (Å²) in [7, 11) is 0. The van der Waals surface area contributed by atoms with Crippen LogP contribution in [-0.2, 0) is 0 Å². The number of nitrogens with one attached hydrogen (secondary N) is 1. The molecule has 1 N–H and O–H groups in total. The molecule has 0 aliphatic carbocycles. The van der Waals surface area contributed by atoms with Crippen LogP contribution in [0.2, 0.25) is 5.15 Å². The van der Waals surface area contributed by atoms with Crippen LogP contribution in [0.3, 0.4) is 0 Å². The first-order valence-electron chi connectivity index (χ1n) is 3.71. The first kappa shape index (κ1) is 8.25. The first-order valence-corrected chi connectivity index (χ1v) is 4.09. The van der Waals surface area contributed by atoms with Gasteiger partial charge in [0, 0.05) is 5.56 Å². The van der Waals surface area contributed by atoms with Crippen LogP contribution in [0.15, 0.2) is 4.79 Å². The summed E-state index contributed by atoms with van der Waals surface area (Å²) < 4.78 is 1.16. The summed E-state index contributed by atoms with van der Waals surface area (Å²) >= 11 is 5.81. The molecule has 2 rings (SSSR count). The number of fused-ring (bicyclic) bond motifs is 1. The Morgan fingerprint density at radius 1 is 1.38 bits per heavy atom. The van der Waals surface area contributed by atoms with Crippen molar-refractivity contribution in [2.75, 3.05) is 0 Å². The molecule has 0 radical (unpaired) electrons. The average Bonchev–Trinajstić information content (AvgIpc) is 2.45. The minimum atomic E-state index is -0.375. The average molecular weight is 199 g/mol. The molecule has 0 amide bonds. The second-order valence-corrected chi connectivity index (χ2v) is 3.16. The zero-order valence-corrected chi connectivity index (χ0v) is 7.88. The fraction of sp³-hybridized carbons (Fsp3) is 0.286. The van der Waals surface area contributed by atoms with Crippen LogP contribution in [0, 0.1) is 13.8 Å². The van der Waals surface area contributed by atoms with Gasteiger partial charge in [-0.15, -0.1) is 5.10 Å². The van der Waals surface area contributed by atoms with Crippen LogP contribution in [0.4, 0.5) is 0 Å². The molecule has 2 aromatic rings. The Balaban J connectivity index is 3.04. The Morgan fingerprint density at radius 2 is 2.08 bits per heavy atom. The Labute approximate surface area is 78.3 Å². The number of hydrogen-bond acceptors (Lipinski definition) is 3. The van der Waals surface area contributed by atoms with Gasteiger partial charge in [-0.25, -0.2) is 9.89 Å². The van der Waals surface area contributed by atoms with Gasteiger partial charge in [-0.05, 0) is 19.4 Å². The summed E-state index contributed by atoms with van der Waals surface area (Å²) in [5.41, 5.74) is 1.85. The van der Waals surface area contributed by atoms with Crippen LogP contribution in [0.25, 0.3) is 5.65 Å². The molecule has 0 aromatic carbocycles. The van der Waals surface area contributed by atoms with Gasteiger partial charge in [-0.1, -0.05) is 11.6 Å². The third-order valence-electron chi connectivity index (χ3n) is 2.05. The SMILES string of the molecule is Cc1c(Cl)nn2c(=O)[nH]nc2c1C. The lowest BCUT2D eigenvalue weighted by molar-refractivity contribution is 0.869. The number of rotatable bonds is 0. The van der Waals surface area contributed by atoms with E-state index in [0.717, 1.165) is 15.6 Å². The molecule has 0 unspecified atom stereocenters. The summed E-state index contributed by atoms with van der Waals surface area (Å²) in [6.07, 6.45) is 0. The predicted octanol–water partition coefficient (Wildman–Crippen LogP) is 0.688. The van der Waals surface area contributed by atoms with Gasteiger partial charge >= 0.3 is 5.69 Å². The maximum Gasteiger partial charge on any atom is 0.364 e. The highest BCUT2D eigenvalue weighted by atomic mass is 35.5. The van der Waals surface area contributed by atoms with Crippen LogP contribution in [0.5, 0.6) is 0 Å². The van der Waals surface area contributed by atoms with Gasteiger partial charge in [0.25, 0.3) is 0 Å². The number of hydrogen-bond donors (Lipinski definition) is 1. The van der Waals surface area contributed by atoms with E-state index in [2.05, 4.69) is 15.3 Å². The predicted molar refractivity (Wildman–Crippen MR) is 48.1 cm³/mol. The summed E-state index contributed by atoms with van der Waals surface area (Å²) in [5, 5.41) is 10.3. The van der Waals surface area contributed by atoms with E-state index >= 15 is 0 Å². The second-order valence-electron chi connectivity index (χ2n) is 2.80. The quantitative estimate of drug-likeness (QED) is 0.678. The third-order valence-corrected chi connectivity index (χ3v) is 2.40. The lowest BCUT2D eigenvalue weighted by atomic mass is 10.2. The fourth-order valence-electron chi connectivity index (χ4n) is 1.11. The van der Waals surface area contributed by atoms with E-state index in [9.17, 15) is 4.79 Å². The number of halogens is 1. The van der Waals surface area contributed by atoms with Crippen molar-refractivity contribution in [2.45, 2.75) is 13.8 Å². The highest BCUT2D eigenvalue weighted by Crippen LogP contribution is 2.17. The van der Waals surface area contributed by atoms with E-state index < -0.39 is 0 Å². The van der Waals surface area contributed by atoms with Gasteiger partial charge in [-0.3, -0.25) is 0 Å². The molecule has 0 aliphatic rings. The minimum Gasteiger partial charge on any atom is -0.244 e. The van der Waals surface area contributed by atoms with Crippen molar-refractivity contribution in [1.29, 1.82) is 0 Å². The maximum atomic E-state index is 11.1. The smallest absolute Gasteiger partial charge is 0.244 e. The summed E-state index contributed by atoms with van der Waals surface area (Å²) in [5.74, 6) is 0. The second kappa shape index (κ2) is 2.56. The van der Waals surface area contributed by atoms with E-state index in [4.69, 9.17) is 11.6 Å². The normalized spacial score (nSPS) is 11.0. The summed E-state index contributed by atoms with van der Waals surface area (Å²) in [6.45, 7) is 3.68. The Morgan fingerprint density at radius 3 is 2.77 bits per heavy atom. The lowest BCUT2D eigenvalue weighted by Gasteiger charge is -2.01. The van der Waals surface area contributed by atoms with E-state index in [1.807, 2.05) is 13.8 Å². The van der Waals surface area contributed by atoms with Gasteiger partial charge < -0.3 is 0 Å². The molecule has 0 bridgehead atoms. The van der Waals surface area contributed by atoms with Gasteiger partial charge in [0.1, 0.15) is 0 Å². The molecule has 0 saturated carbocycles. The van der Waals surface area contributed by atoms with E-state index in [0.29, 0.717) is 10.8 Å². The van der Waals surface area contributed by atoms with Gasteiger partial charge in [0.15, 0.2) is 10.8 Å². The minimum absolute atomic E-state index is 0.327. The number of nitrogens with zero attached hydrogens (tertiary/aromatic N) is 3. The molecule has 2 heterocycles. The molecule has 0 aliphatic heterocycles. The van der Waals surface area contributed by atoms with Crippen molar-refractivity contribution in [3.8, 4) is 0 Å². The molecule has 2 aromatic heterocycles. The molecular formula is C7H7ClN4O. The zero-order valence-electron chi connectivity index (χ0n) is 7.13. The molecule has 6 heteroatoms. The largest absolute Gasteiger partial charge is 0.364 e. The van der Waals surface area contributed by atoms with Gasteiger partial charge in [0.05, 0.1) is 0 Å². The van der Waals surface area contributed by atoms with Crippen molar-refractivity contribution in [1.82, 2.24) is 19.8 Å². The Bertz CT molecular complexity index is 527. The molecule has 0 atom stereocenters. The Kier molecular flexibility index (Phi) is 1.63. The summed E-state index contributed by atoms with van der Waals surface area (Å²) in [4.78, 5) is 11.1. The van der Waals surface area contributed by atoms with Crippen LogP contribution in [-0.4, -0.2) is 19.8 Å². The van der Waals surface area contributed by atoms with Crippen molar-refractivity contribution in [3.63, 3.8) is 0 Å². The van der Waals surface area contributed by atoms with Crippen molar-refractivity contribution < 1.29 is 0 Å². The number of aromatic amines is 1. The lowest BCUT2D eigenvalue weighted by Crippen LogP contribution is -2.13. The molecule has 68 valence electrons. The first-order chi connectivity index (χ1) is 6.11. The number of aryl methyl sites for hydroxylation is 1. The van der Waals surface area contributed by atoms with Crippen LogP contribution >= 0.6 is 11.6 Å². The topological polar surface area (TPSA) is 63.1 Å². The highest BCUT2D eigenvalue weighted by molar-refractivity contribution is 6.30. The summed E-state index contributed by atoms with van der Waals surface area (Å²) in [6, 6.07) is 0. The van der Waals surface area contributed by atoms with E-state index in [1.54, 1.807) is 0 Å². The van der Waals surface area contributed by atoms with Gasteiger partial charge in [-0.2, -0.15) is 9.61 Å². The van der Waals surface area contributed by atoms with E-state index in [1.165, 1.54) is 0 Å². The standard InChI is InChI=1S/C7H7ClN4O/c1-3-4(2)6-9-10-7(13)12(6)11-5(3)8/h1-2H3,(H,10,13). The van der Waals surface area contributed by atoms with Crippen LogP contribution in [0.1, 0.15) is 11.1 Å². The molecule has 5 nitrogen and oxygen atoms in total. The third kappa shape index (κ3) is 1.04. The van der Waals surface area contributed by atoms with Crippen molar-refractivity contribution in [2.24, 2.45) is 0 Å². The monoisotopic (exact) mass is 198 g/mol. The molecule has 0 spiro atoms. The number of aromatic nitrogens is 4. The zero-order chi connectivity index (χ0) is 9.59. The number of H-pyrrole nitrogens is 1. The Hall–Kier alpha value is -1.36. The van der Waals surface area contributed by atoms with Crippen LogP contribution < -0.4 is 5.69 Å². The van der Waals surface area contributed by atoms with Crippen molar-refractivity contribution in [3.05, 3.63) is 26.8 Å². The van der Waals surface area contributed by atoms with Gasteiger partial charge in [0.2, 0.25) is 0 Å². The molecule has 0 fully saturated rings. The van der Waals surface area contributed by atoms with E-state index in [-0.39, 0.29) is 5.69 Å². The molecule has 13 heavy (non-hydrogen) atoms. The maximum absolute atomic E-state index is 11.1. The van der Waals surface area contributed by atoms with Crippen molar-refractivity contribution >= 4 is 17.2 Å². The highest BCUT2D eigenvalue weighted by Gasteiger charge is 2.09. The fourth-order valence-corrected chi connectivity index (χ4v) is 1.33. The molecular weight excluding hydrogens is 192 g/mol.